The third-order valence-corrected chi connectivity index (χ3v) is 2.53. The van der Waals surface area contributed by atoms with Crippen LogP contribution in [0.5, 0.6) is 0 Å². The van der Waals surface area contributed by atoms with Gasteiger partial charge in [0.15, 0.2) is 0 Å². The Morgan fingerprint density at radius 3 is 2.46 bits per heavy atom. The third kappa shape index (κ3) is 3.92. The van der Waals surface area contributed by atoms with Crippen LogP contribution in [0.2, 0.25) is 0 Å². The van der Waals surface area contributed by atoms with Crippen molar-refractivity contribution in [1.82, 2.24) is 4.90 Å². The lowest BCUT2D eigenvalue weighted by atomic mass is 10.0. The minimum absolute atomic E-state index is 0.708. The lowest BCUT2D eigenvalue weighted by molar-refractivity contribution is 0.229. The highest BCUT2D eigenvalue weighted by Crippen LogP contribution is 2.16. The number of rotatable bonds is 3. The monoisotopic (exact) mass is 182 g/mol. The van der Waals surface area contributed by atoms with Gasteiger partial charge in [-0.1, -0.05) is 25.5 Å². The predicted molar refractivity (Wildman–Crippen MR) is 57.6 cm³/mol. The summed E-state index contributed by atoms with van der Waals surface area (Å²) in [6.07, 6.45) is 4.64. The molecule has 1 fully saturated rings. The minimum Gasteiger partial charge on any atom is -0.327 e. The summed E-state index contributed by atoms with van der Waals surface area (Å²) >= 11 is 0. The molecule has 0 unspecified atom stereocenters. The highest BCUT2D eigenvalue weighted by atomic mass is 15.1. The van der Waals surface area contributed by atoms with E-state index in [4.69, 9.17) is 5.73 Å². The molecule has 0 aromatic heterocycles. The summed E-state index contributed by atoms with van der Waals surface area (Å²) in [7, 11) is 0. The highest BCUT2D eigenvalue weighted by Gasteiger charge is 2.13. The average Bonchev–Trinajstić information content (AvgIpc) is 2.08. The molecule has 1 rings (SSSR count). The van der Waals surface area contributed by atoms with Gasteiger partial charge in [0.05, 0.1) is 0 Å². The molecule has 1 heterocycles. The van der Waals surface area contributed by atoms with Gasteiger partial charge in [-0.25, -0.2) is 0 Å². The molecule has 0 amide bonds. The Bertz CT molecular complexity index is 163. The van der Waals surface area contributed by atoms with E-state index in [0.717, 1.165) is 5.92 Å². The van der Waals surface area contributed by atoms with Crippen molar-refractivity contribution >= 4 is 0 Å². The molecule has 2 N–H and O–H groups in total. The smallest absolute Gasteiger partial charge is 0.0109 e. The second-order valence-corrected chi connectivity index (χ2v) is 4.29. The first-order valence-electron chi connectivity index (χ1n) is 5.32. The number of hydrogen-bond donors (Lipinski definition) is 1. The van der Waals surface area contributed by atoms with Crippen LogP contribution in [0.1, 0.15) is 26.7 Å². The van der Waals surface area contributed by atoms with Gasteiger partial charge >= 0.3 is 0 Å². The van der Waals surface area contributed by atoms with E-state index in [1.807, 2.05) is 0 Å². The summed E-state index contributed by atoms with van der Waals surface area (Å²) in [4.78, 5) is 2.55. The minimum atomic E-state index is 0.708. The second-order valence-electron chi connectivity index (χ2n) is 4.29. The molecule has 0 radical (unpaired) electrons. The van der Waals surface area contributed by atoms with Crippen LogP contribution in [0.15, 0.2) is 11.6 Å². The summed E-state index contributed by atoms with van der Waals surface area (Å²) in [5.74, 6) is 0.792. The van der Waals surface area contributed by atoms with Crippen LogP contribution in [0, 0.1) is 5.92 Å². The van der Waals surface area contributed by atoms with Crippen molar-refractivity contribution < 1.29 is 0 Å². The van der Waals surface area contributed by atoms with Crippen molar-refractivity contribution in [2.75, 3.05) is 26.2 Å². The van der Waals surface area contributed by atoms with Crippen LogP contribution in [0.4, 0.5) is 0 Å². The first-order chi connectivity index (χ1) is 6.22. The summed E-state index contributed by atoms with van der Waals surface area (Å²) in [6, 6.07) is 0. The molecule has 2 heteroatoms. The molecule has 0 spiro atoms. The van der Waals surface area contributed by atoms with Crippen molar-refractivity contribution in [3.05, 3.63) is 11.6 Å². The van der Waals surface area contributed by atoms with Crippen LogP contribution in [0.25, 0.3) is 0 Å². The van der Waals surface area contributed by atoms with Gasteiger partial charge in [-0.15, -0.1) is 0 Å². The van der Waals surface area contributed by atoms with Gasteiger partial charge in [-0.2, -0.15) is 0 Å². The molecule has 2 nitrogen and oxygen atoms in total. The molecular weight excluding hydrogens is 160 g/mol. The van der Waals surface area contributed by atoms with E-state index >= 15 is 0 Å². The van der Waals surface area contributed by atoms with Crippen molar-refractivity contribution in [1.29, 1.82) is 0 Å². The third-order valence-electron chi connectivity index (χ3n) is 2.53. The zero-order valence-corrected chi connectivity index (χ0v) is 8.92. The molecule has 0 aromatic carbocycles. The largest absolute Gasteiger partial charge is 0.327 e. The van der Waals surface area contributed by atoms with E-state index < -0.39 is 0 Å². The molecule has 1 saturated heterocycles. The van der Waals surface area contributed by atoms with E-state index in [1.165, 1.54) is 32.5 Å². The molecule has 0 atom stereocenters. The topological polar surface area (TPSA) is 29.3 Å². The fourth-order valence-electron chi connectivity index (χ4n) is 1.91. The maximum Gasteiger partial charge on any atom is 0.0109 e. The molecule has 0 aliphatic carbocycles. The molecule has 1 aliphatic rings. The Kier molecular flexibility index (Phi) is 4.46. The number of nitrogens with zero attached hydrogens (tertiary/aromatic N) is 1. The first kappa shape index (κ1) is 10.7. The average molecular weight is 182 g/mol. The second kappa shape index (κ2) is 5.40. The number of likely N-dealkylation sites (tertiary alicyclic amines) is 1. The van der Waals surface area contributed by atoms with Gasteiger partial charge < -0.3 is 10.6 Å². The molecule has 0 bridgehead atoms. The van der Waals surface area contributed by atoms with Crippen LogP contribution in [-0.2, 0) is 0 Å². The van der Waals surface area contributed by atoms with Gasteiger partial charge in [0.1, 0.15) is 0 Å². The lowest BCUT2D eigenvalue weighted by Gasteiger charge is -2.29. The number of nitrogens with two attached hydrogens (primary N) is 1. The van der Waals surface area contributed by atoms with Gasteiger partial charge in [-0.3, -0.25) is 0 Å². The normalized spacial score (nSPS) is 19.5. The summed E-state index contributed by atoms with van der Waals surface area (Å²) in [6.45, 7) is 8.97. The van der Waals surface area contributed by atoms with E-state index in [9.17, 15) is 0 Å². The van der Waals surface area contributed by atoms with Crippen molar-refractivity contribution in [2.24, 2.45) is 11.7 Å². The molecule has 76 valence electrons. The Morgan fingerprint density at radius 1 is 1.38 bits per heavy atom. The van der Waals surface area contributed by atoms with Crippen LogP contribution in [-0.4, -0.2) is 31.1 Å². The van der Waals surface area contributed by atoms with E-state index in [0.29, 0.717) is 6.54 Å². The van der Waals surface area contributed by atoms with E-state index in [2.05, 4.69) is 24.8 Å². The molecule has 0 saturated carbocycles. The molecule has 0 aromatic rings. The Labute approximate surface area is 81.8 Å². The summed E-state index contributed by atoms with van der Waals surface area (Å²) < 4.78 is 0. The van der Waals surface area contributed by atoms with E-state index in [-0.39, 0.29) is 0 Å². The Balaban J connectivity index is 2.26. The zero-order chi connectivity index (χ0) is 9.68. The van der Waals surface area contributed by atoms with Gasteiger partial charge in [-0.05, 0) is 18.8 Å². The SMILES string of the molecule is CC(C)CN1CCC(=CCN)CC1. The fraction of sp³-hybridized carbons (Fsp3) is 0.818. The lowest BCUT2D eigenvalue weighted by Crippen LogP contribution is -2.33. The highest BCUT2D eigenvalue weighted by molar-refractivity contribution is 5.06. The Morgan fingerprint density at radius 2 is 2.00 bits per heavy atom. The predicted octanol–water partition coefficient (Wildman–Crippen LogP) is 1.62. The quantitative estimate of drug-likeness (QED) is 0.672. The van der Waals surface area contributed by atoms with Crippen molar-refractivity contribution in [2.45, 2.75) is 26.7 Å². The van der Waals surface area contributed by atoms with Crippen LogP contribution >= 0.6 is 0 Å². The number of piperidine rings is 1. The maximum atomic E-state index is 5.48. The van der Waals surface area contributed by atoms with Crippen LogP contribution in [0.3, 0.4) is 0 Å². The van der Waals surface area contributed by atoms with E-state index in [1.54, 1.807) is 5.57 Å². The van der Waals surface area contributed by atoms with Crippen molar-refractivity contribution in [3.63, 3.8) is 0 Å². The number of hydrogen-bond acceptors (Lipinski definition) is 2. The fourth-order valence-corrected chi connectivity index (χ4v) is 1.91. The Hall–Kier alpha value is -0.340. The van der Waals surface area contributed by atoms with Crippen LogP contribution < -0.4 is 5.73 Å². The summed E-state index contributed by atoms with van der Waals surface area (Å²) in [5, 5.41) is 0. The first-order valence-corrected chi connectivity index (χ1v) is 5.32. The molecular formula is C11H22N2. The van der Waals surface area contributed by atoms with Gasteiger partial charge in [0.25, 0.3) is 0 Å². The maximum absolute atomic E-state index is 5.48. The van der Waals surface area contributed by atoms with Gasteiger partial charge in [0.2, 0.25) is 0 Å². The molecule has 1 aliphatic heterocycles. The molecule has 13 heavy (non-hydrogen) atoms. The summed E-state index contributed by atoms with van der Waals surface area (Å²) in [5.41, 5.74) is 7.04. The zero-order valence-electron chi connectivity index (χ0n) is 8.92. The van der Waals surface area contributed by atoms with Crippen molar-refractivity contribution in [3.8, 4) is 0 Å². The van der Waals surface area contributed by atoms with Gasteiger partial charge in [0, 0.05) is 26.2 Å². The standard InChI is InChI=1S/C11H22N2/c1-10(2)9-13-7-4-11(3-6-12)5-8-13/h3,10H,4-9,12H2,1-2H3.